The fourth-order valence-corrected chi connectivity index (χ4v) is 3.26. The van der Waals surface area contributed by atoms with E-state index in [-0.39, 0.29) is 22.7 Å². The second-order valence-electron chi connectivity index (χ2n) is 6.61. The van der Waals surface area contributed by atoms with Crippen molar-refractivity contribution in [2.24, 2.45) is 5.73 Å². The molecule has 9 nitrogen and oxygen atoms in total. The summed E-state index contributed by atoms with van der Waals surface area (Å²) in [5.41, 5.74) is 6.67. The van der Waals surface area contributed by atoms with Gasteiger partial charge in [0.2, 0.25) is 0 Å². The minimum atomic E-state index is -0.764. The molecule has 0 unspecified atom stereocenters. The van der Waals surface area contributed by atoms with Gasteiger partial charge in [-0.15, -0.1) is 0 Å². The number of benzene rings is 2. The molecular formula is C22H21N5O4. The molecule has 0 aliphatic heterocycles. The van der Waals surface area contributed by atoms with Gasteiger partial charge in [0.25, 0.3) is 5.91 Å². The van der Waals surface area contributed by atoms with Crippen LogP contribution in [0.15, 0.2) is 53.3 Å². The molecule has 2 aromatic heterocycles. The van der Waals surface area contributed by atoms with Gasteiger partial charge in [-0.2, -0.15) is 0 Å². The van der Waals surface area contributed by atoms with Crippen molar-refractivity contribution in [1.29, 1.82) is 0 Å². The summed E-state index contributed by atoms with van der Waals surface area (Å²) in [6, 6.07) is 14.1. The molecule has 0 aliphatic carbocycles. The topological polar surface area (TPSA) is 125 Å². The Labute approximate surface area is 177 Å². The first-order valence-electron chi connectivity index (χ1n) is 9.80. The van der Waals surface area contributed by atoms with Crippen molar-refractivity contribution in [2.75, 3.05) is 13.2 Å². The van der Waals surface area contributed by atoms with Crippen LogP contribution in [-0.4, -0.2) is 38.6 Å². The number of nitrogens with one attached hydrogen (secondary N) is 1. The lowest BCUT2D eigenvalue weighted by molar-refractivity contribution is 0.0997. The number of carbonyl (C=O) groups excluding carboxylic acids is 1. The zero-order valence-corrected chi connectivity index (χ0v) is 17.1. The molecule has 0 fully saturated rings. The summed E-state index contributed by atoms with van der Waals surface area (Å²) in [4.78, 5) is 36.3. The minimum absolute atomic E-state index is 0.0596. The van der Waals surface area contributed by atoms with Crippen LogP contribution < -0.4 is 20.9 Å². The Balaban J connectivity index is 1.89. The molecule has 4 rings (SSSR count). The summed E-state index contributed by atoms with van der Waals surface area (Å²) in [5, 5.41) is 0. The lowest BCUT2D eigenvalue weighted by Gasteiger charge is -2.08. The van der Waals surface area contributed by atoms with Crippen LogP contribution in [0, 0.1) is 0 Å². The van der Waals surface area contributed by atoms with Crippen LogP contribution in [0.2, 0.25) is 0 Å². The Morgan fingerprint density at radius 2 is 1.55 bits per heavy atom. The number of hydrogen-bond donors (Lipinski definition) is 2. The minimum Gasteiger partial charge on any atom is -0.494 e. The van der Waals surface area contributed by atoms with Gasteiger partial charge in [-0.1, -0.05) is 0 Å². The molecule has 1 amide bonds. The van der Waals surface area contributed by atoms with E-state index < -0.39 is 11.6 Å². The Morgan fingerprint density at radius 1 is 0.968 bits per heavy atom. The maximum Gasteiger partial charge on any atom is 0.332 e. The van der Waals surface area contributed by atoms with Crippen LogP contribution in [0.4, 0.5) is 0 Å². The summed E-state index contributed by atoms with van der Waals surface area (Å²) >= 11 is 0. The van der Waals surface area contributed by atoms with Gasteiger partial charge < -0.3 is 20.2 Å². The standard InChI is InChI=1S/C22H21N5O4/c1-3-30-15-9-5-13(6-10-15)20-24-17(19(23)28)18-21(26-20)27(22(29)25-18)14-7-11-16(12-8-14)31-4-2/h5-12H,3-4H2,1-2H3,(H2,23,28)(H,25,29). The van der Waals surface area contributed by atoms with Crippen LogP contribution >= 0.6 is 0 Å². The SMILES string of the molecule is CCOc1ccc(-c2nc(C(N)=O)c3[nH]c(=O)n(-c4ccc(OCC)cc4)c3n2)cc1. The molecule has 0 aliphatic rings. The number of aromatic nitrogens is 4. The fourth-order valence-electron chi connectivity index (χ4n) is 3.26. The van der Waals surface area contributed by atoms with Crippen molar-refractivity contribution < 1.29 is 14.3 Å². The number of hydrogen-bond acceptors (Lipinski definition) is 6. The van der Waals surface area contributed by atoms with Crippen molar-refractivity contribution in [2.45, 2.75) is 13.8 Å². The van der Waals surface area contributed by atoms with Crippen molar-refractivity contribution in [3.05, 3.63) is 64.7 Å². The van der Waals surface area contributed by atoms with E-state index in [1.165, 1.54) is 4.57 Å². The number of amides is 1. The molecule has 4 aromatic rings. The largest absolute Gasteiger partial charge is 0.494 e. The van der Waals surface area contributed by atoms with E-state index in [0.717, 1.165) is 0 Å². The highest BCUT2D eigenvalue weighted by Crippen LogP contribution is 2.24. The number of primary amides is 1. The maximum atomic E-state index is 12.7. The molecule has 0 atom stereocenters. The van der Waals surface area contributed by atoms with E-state index in [0.29, 0.717) is 36.0 Å². The number of nitrogens with two attached hydrogens (primary N) is 1. The molecule has 2 heterocycles. The summed E-state index contributed by atoms with van der Waals surface area (Å²) < 4.78 is 12.3. The second kappa shape index (κ2) is 8.31. The molecule has 0 spiro atoms. The van der Waals surface area contributed by atoms with Crippen molar-refractivity contribution in [3.63, 3.8) is 0 Å². The quantitative estimate of drug-likeness (QED) is 0.474. The van der Waals surface area contributed by atoms with Gasteiger partial charge in [-0.3, -0.25) is 4.79 Å². The Hall–Kier alpha value is -4.14. The van der Waals surface area contributed by atoms with E-state index in [2.05, 4.69) is 15.0 Å². The van der Waals surface area contributed by atoms with E-state index >= 15 is 0 Å². The normalized spacial score (nSPS) is 10.9. The number of carbonyl (C=O) groups is 1. The van der Waals surface area contributed by atoms with Gasteiger partial charge >= 0.3 is 5.69 Å². The van der Waals surface area contributed by atoms with E-state index in [9.17, 15) is 9.59 Å². The smallest absolute Gasteiger partial charge is 0.332 e. The molecule has 0 bridgehead atoms. The molecular weight excluding hydrogens is 398 g/mol. The third-order valence-electron chi connectivity index (χ3n) is 4.60. The first kappa shape index (κ1) is 20.1. The van der Waals surface area contributed by atoms with Gasteiger partial charge in [0, 0.05) is 5.56 Å². The number of ether oxygens (including phenoxy) is 2. The summed E-state index contributed by atoms with van der Waals surface area (Å²) in [7, 11) is 0. The first-order chi connectivity index (χ1) is 15.0. The highest BCUT2D eigenvalue weighted by molar-refractivity contribution is 6.02. The molecule has 3 N–H and O–H groups in total. The van der Waals surface area contributed by atoms with Gasteiger partial charge in [-0.25, -0.2) is 19.3 Å². The highest BCUT2D eigenvalue weighted by Gasteiger charge is 2.20. The van der Waals surface area contributed by atoms with Crippen molar-refractivity contribution in [1.82, 2.24) is 19.5 Å². The van der Waals surface area contributed by atoms with E-state index in [4.69, 9.17) is 15.2 Å². The zero-order chi connectivity index (χ0) is 22.0. The molecule has 0 radical (unpaired) electrons. The van der Waals surface area contributed by atoms with Gasteiger partial charge in [0.15, 0.2) is 17.2 Å². The predicted octanol–water partition coefficient (Wildman–Crippen LogP) is 2.67. The fraction of sp³-hybridized carbons (Fsp3) is 0.182. The summed E-state index contributed by atoms with van der Waals surface area (Å²) in [5.74, 6) is 0.889. The van der Waals surface area contributed by atoms with Gasteiger partial charge in [-0.05, 0) is 62.4 Å². The van der Waals surface area contributed by atoms with Crippen LogP contribution in [0.25, 0.3) is 28.2 Å². The number of fused-ring (bicyclic) bond motifs is 1. The third kappa shape index (κ3) is 3.85. The molecule has 9 heteroatoms. The molecule has 2 aromatic carbocycles. The number of rotatable bonds is 7. The first-order valence-corrected chi connectivity index (χ1v) is 9.80. The zero-order valence-electron chi connectivity index (χ0n) is 17.1. The average Bonchev–Trinajstić information content (AvgIpc) is 3.10. The molecule has 158 valence electrons. The van der Waals surface area contributed by atoms with Crippen LogP contribution in [0.1, 0.15) is 24.3 Å². The summed E-state index contributed by atoms with van der Waals surface area (Å²) in [6.07, 6.45) is 0. The highest BCUT2D eigenvalue weighted by atomic mass is 16.5. The van der Waals surface area contributed by atoms with Crippen molar-refractivity contribution in [3.8, 4) is 28.6 Å². The monoisotopic (exact) mass is 419 g/mol. The predicted molar refractivity (Wildman–Crippen MR) is 116 cm³/mol. The lowest BCUT2D eigenvalue weighted by Crippen LogP contribution is -2.15. The second-order valence-corrected chi connectivity index (χ2v) is 6.61. The van der Waals surface area contributed by atoms with Gasteiger partial charge in [0.05, 0.1) is 18.9 Å². The average molecular weight is 419 g/mol. The molecule has 0 saturated heterocycles. The van der Waals surface area contributed by atoms with E-state index in [1.807, 2.05) is 13.8 Å². The maximum absolute atomic E-state index is 12.7. The molecule has 0 saturated carbocycles. The van der Waals surface area contributed by atoms with Crippen molar-refractivity contribution >= 4 is 17.1 Å². The number of nitrogens with zero attached hydrogens (tertiary/aromatic N) is 3. The number of H-pyrrole nitrogens is 1. The molecule has 31 heavy (non-hydrogen) atoms. The Morgan fingerprint density at radius 3 is 2.10 bits per heavy atom. The van der Waals surface area contributed by atoms with Crippen LogP contribution in [-0.2, 0) is 0 Å². The Kier molecular flexibility index (Phi) is 5.40. The van der Waals surface area contributed by atoms with Gasteiger partial charge in [0.1, 0.15) is 17.0 Å². The van der Waals surface area contributed by atoms with Crippen LogP contribution in [0.5, 0.6) is 11.5 Å². The van der Waals surface area contributed by atoms with E-state index in [1.54, 1.807) is 48.5 Å². The summed E-state index contributed by atoms with van der Waals surface area (Å²) in [6.45, 7) is 4.87. The Bertz CT molecular complexity index is 1290. The number of imidazole rings is 1. The van der Waals surface area contributed by atoms with Crippen LogP contribution in [0.3, 0.4) is 0 Å². The third-order valence-corrected chi connectivity index (χ3v) is 4.60. The number of aromatic amines is 1. The lowest BCUT2D eigenvalue weighted by atomic mass is 10.2.